The van der Waals surface area contributed by atoms with Crippen molar-refractivity contribution in [3.63, 3.8) is 0 Å². The SMILES string of the molecule is c1ccc2c(c1)-c1ccccc1C21c2ccc(-c3ccc4oc5ccccc5c4c3)cc2-c2cc3c4ccccc4c4ccccc4c3cc21. The lowest BCUT2D eigenvalue weighted by molar-refractivity contribution is 0.669. The van der Waals surface area contributed by atoms with Gasteiger partial charge in [0.05, 0.1) is 5.41 Å². The van der Waals surface area contributed by atoms with E-state index in [1.807, 2.05) is 6.07 Å². The van der Waals surface area contributed by atoms with Crippen molar-refractivity contribution in [1.29, 1.82) is 0 Å². The molecule has 1 aromatic heterocycles. The third kappa shape index (κ3) is 3.18. The highest BCUT2D eigenvalue weighted by Gasteiger charge is 2.51. The molecule has 50 heavy (non-hydrogen) atoms. The Hall–Kier alpha value is -6.44. The summed E-state index contributed by atoms with van der Waals surface area (Å²) < 4.78 is 6.20. The van der Waals surface area contributed by atoms with Crippen LogP contribution in [0.5, 0.6) is 0 Å². The molecule has 0 unspecified atom stereocenters. The molecule has 0 fully saturated rings. The van der Waals surface area contributed by atoms with Crippen LogP contribution in [0, 0.1) is 0 Å². The van der Waals surface area contributed by atoms with E-state index >= 15 is 0 Å². The van der Waals surface area contributed by atoms with E-state index in [9.17, 15) is 0 Å². The first-order valence-electron chi connectivity index (χ1n) is 17.4. The van der Waals surface area contributed by atoms with E-state index in [1.165, 1.54) is 88.0 Å². The predicted octanol–water partition coefficient (Wildman–Crippen LogP) is 13.1. The molecule has 0 atom stereocenters. The van der Waals surface area contributed by atoms with Gasteiger partial charge in [0.2, 0.25) is 0 Å². The van der Waals surface area contributed by atoms with Crippen molar-refractivity contribution in [1.82, 2.24) is 0 Å². The van der Waals surface area contributed by atoms with Crippen molar-refractivity contribution in [3.05, 3.63) is 192 Å². The van der Waals surface area contributed by atoms with Crippen LogP contribution in [0.1, 0.15) is 22.3 Å². The standard InChI is InChI=1S/C49H28O/c1-3-13-33-31(11-1)32-12-2-4-14-34(32)39-28-46-41(27-38(33)39)40-25-29(30-22-24-48-42(26-30)37-17-7-10-20-47(37)50-48)21-23-45(40)49(46)43-18-8-5-15-35(43)36-16-6-9-19-44(36)49/h1-28H. The second-order valence-electron chi connectivity index (χ2n) is 13.9. The summed E-state index contributed by atoms with van der Waals surface area (Å²) in [5.41, 5.74) is 14.6. The van der Waals surface area contributed by atoms with Gasteiger partial charge in [-0.25, -0.2) is 0 Å². The average molecular weight is 633 g/mol. The van der Waals surface area contributed by atoms with Crippen LogP contribution in [0.3, 0.4) is 0 Å². The molecule has 1 heterocycles. The number of furan rings is 1. The molecule has 0 bridgehead atoms. The Kier molecular flexibility index (Phi) is 4.97. The van der Waals surface area contributed by atoms with Gasteiger partial charge >= 0.3 is 0 Å². The number of para-hydroxylation sites is 1. The minimum Gasteiger partial charge on any atom is -0.456 e. The highest BCUT2D eigenvalue weighted by molar-refractivity contribution is 6.26. The lowest BCUT2D eigenvalue weighted by Crippen LogP contribution is -2.25. The summed E-state index contributed by atoms with van der Waals surface area (Å²) in [6, 6.07) is 63.2. The molecule has 230 valence electrons. The summed E-state index contributed by atoms with van der Waals surface area (Å²) in [6.07, 6.45) is 0. The highest BCUT2D eigenvalue weighted by Crippen LogP contribution is 2.64. The average Bonchev–Trinajstić information content (AvgIpc) is 3.80. The van der Waals surface area contributed by atoms with Crippen LogP contribution >= 0.6 is 0 Å². The smallest absolute Gasteiger partial charge is 0.135 e. The zero-order valence-corrected chi connectivity index (χ0v) is 27.1. The second kappa shape index (κ2) is 9.37. The van der Waals surface area contributed by atoms with E-state index in [0.29, 0.717) is 0 Å². The van der Waals surface area contributed by atoms with Gasteiger partial charge < -0.3 is 4.42 Å². The largest absolute Gasteiger partial charge is 0.456 e. The topological polar surface area (TPSA) is 13.1 Å². The summed E-state index contributed by atoms with van der Waals surface area (Å²) in [4.78, 5) is 0. The molecule has 12 rings (SSSR count). The summed E-state index contributed by atoms with van der Waals surface area (Å²) in [7, 11) is 0. The molecule has 0 radical (unpaired) electrons. The number of rotatable bonds is 1. The van der Waals surface area contributed by atoms with E-state index in [1.54, 1.807) is 0 Å². The maximum atomic E-state index is 6.20. The van der Waals surface area contributed by atoms with E-state index in [0.717, 1.165) is 21.9 Å². The van der Waals surface area contributed by atoms with Crippen LogP contribution in [0.4, 0.5) is 0 Å². The summed E-state index contributed by atoms with van der Waals surface area (Å²) in [5, 5.41) is 10.1. The first-order valence-corrected chi connectivity index (χ1v) is 17.4. The lowest BCUT2D eigenvalue weighted by Gasteiger charge is -2.31. The van der Waals surface area contributed by atoms with Crippen molar-refractivity contribution < 1.29 is 4.42 Å². The van der Waals surface area contributed by atoms with Crippen molar-refractivity contribution in [2.45, 2.75) is 5.41 Å². The number of fused-ring (bicyclic) bond motifs is 19. The molecule has 2 aliphatic carbocycles. The van der Waals surface area contributed by atoms with Crippen molar-refractivity contribution >= 4 is 54.3 Å². The van der Waals surface area contributed by atoms with Crippen LogP contribution in [0.25, 0.3) is 87.6 Å². The lowest BCUT2D eigenvalue weighted by atomic mass is 9.70. The monoisotopic (exact) mass is 632 g/mol. The van der Waals surface area contributed by atoms with E-state index < -0.39 is 5.41 Å². The molecular formula is C49H28O. The van der Waals surface area contributed by atoms with Gasteiger partial charge in [0.15, 0.2) is 0 Å². The van der Waals surface area contributed by atoms with E-state index in [2.05, 4.69) is 164 Å². The summed E-state index contributed by atoms with van der Waals surface area (Å²) in [6.45, 7) is 0. The molecule has 1 heteroatoms. The normalized spacial score (nSPS) is 13.8. The van der Waals surface area contributed by atoms with E-state index in [4.69, 9.17) is 4.42 Å². The first kappa shape index (κ1) is 26.5. The molecule has 0 saturated carbocycles. The fraction of sp³-hybridized carbons (Fsp3) is 0.0204. The first-order chi connectivity index (χ1) is 24.8. The van der Waals surface area contributed by atoms with Crippen LogP contribution in [-0.2, 0) is 5.41 Å². The van der Waals surface area contributed by atoms with Gasteiger partial charge in [-0.15, -0.1) is 0 Å². The molecule has 2 aliphatic rings. The Labute approximate surface area is 288 Å². The molecule has 0 aliphatic heterocycles. The third-order valence-electron chi connectivity index (χ3n) is 11.7. The Morgan fingerprint density at radius 3 is 1.46 bits per heavy atom. The quantitative estimate of drug-likeness (QED) is 0.164. The van der Waals surface area contributed by atoms with Gasteiger partial charge in [0.1, 0.15) is 11.2 Å². The summed E-state index contributed by atoms with van der Waals surface area (Å²) in [5.74, 6) is 0. The van der Waals surface area contributed by atoms with Crippen LogP contribution < -0.4 is 0 Å². The van der Waals surface area contributed by atoms with Gasteiger partial charge in [-0.3, -0.25) is 0 Å². The fourth-order valence-corrected chi connectivity index (χ4v) is 9.62. The van der Waals surface area contributed by atoms with Crippen LogP contribution in [0.15, 0.2) is 174 Å². The molecule has 0 saturated heterocycles. The zero-order valence-electron chi connectivity index (χ0n) is 27.1. The summed E-state index contributed by atoms with van der Waals surface area (Å²) >= 11 is 0. The Morgan fingerprint density at radius 1 is 0.280 bits per heavy atom. The molecule has 0 amide bonds. The van der Waals surface area contributed by atoms with Gasteiger partial charge in [-0.05, 0) is 124 Å². The Morgan fingerprint density at radius 2 is 0.760 bits per heavy atom. The van der Waals surface area contributed by atoms with Crippen LogP contribution in [0.2, 0.25) is 0 Å². The molecule has 1 spiro atoms. The molecular weight excluding hydrogens is 605 g/mol. The number of hydrogen-bond acceptors (Lipinski definition) is 1. The maximum Gasteiger partial charge on any atom is 0.135 e. The second-order valence-corrected chi connectivity index (χ2v) is 13.9. The van der Waals surface area contributed by atoms with Crippen LogP contribution in [-0.4, -0.2) is 0 Å². The van der Waals surface area contributed by atoms with Gasteiger partial charge in [-0.1, -0.05) is 133 Å². The molecule has 1 nitrogen and oxygen atoms in total. The van der Waals surface area contributed by atoms with Gasteiger partial charge in [0.25, 0.3) is 0 Å². The predicted molar refractivity (Wildman–Crippen MR) is 208 cm³/mol. The fourth-order valence-electron chi connectivity index (χ4n) is 9.62. The van der Waals surface area contributed by atoms with Crippen molar-refractivity contribution in [2.75, 3.05) is 0 Å². The minimum absolute atomic E-state index is 0.415. The van der Waals surface area contributed by atoms with Crippen molar-refractivity contribution in [2.24, 2.45) is 0 Å². The van der Waals surface area contributed by atoms with Crippen molar-refractivity contribution in [3.8, 4) is 33.4 Å². The maximum absolute atomic E-state index is 6.20. The third-order valence-corrected chi connectivity index (χ3v) is 11.7. The van der Waals surface area contributed by atoms with Gasteiger partial charge in [0, 0.05) is 10.8 Å². The number of benzene rings is 9. The Balaban J connectivity index is 1.22. The molecule has 10 aromatic rings. The highest BCUT2D eigenvalue weighted by atomic mass is 16.3. The van der Waals surface area contributed by atoms with Gasteiger partial charge in [-0.2, -0.15) is 0 Å². The Bertz CT molecular complexity index is 3060. The minimum atomic E-state index is -0.415. The zero-order chi connectivity index (χ0) is 32.6. The number of hydrogen-bond donors (Lipinski definition) is 0. The van der Waals surface area contributed by atoms with E-state index in [-0.39, 0.29) is 0 Å². The molecule has 0 N–H and O–H groups in total. The molecule has 9 aromatic carbocycles.